The van der Waals surface area contributed by atoms with E-state index in [1.54, 1.807) is 0 Å². The zero-order chi connectivity index (χ0) is 15.7. The van der Waals surface area contributed by atoms with E-state index in [0.717, 1.165) is 12.1 Å². The van der Waals surface area contributed by atoms with Crippen molar-refractivity contribution in [3.8, 4) is 5.75 Å². The second-order valence-corrected chi connectivity index (χ2v) is 7.43. The predicted molar refractivity (Wildman–Crippen MR) is 71.7 cm³/mol. The Bertz CT molecular complexity index is 614. The third kappa shape index (κ3) is 4.34. The number of rotatable bonds is 2. The largest absolute Gasteiger partial charge is 0.507 e. The highest BCUT2D eigenvalue weighted by Gasteiger charge is 2.34. The fraction of sp³-hybridized carbons (Fsp3) is 0.538. The minimum atomic E-state index is -4.61. The number of sulfone groups is 1. The molecule has 1 saturated heterocycles. The van der Waals surface area contributed by atoms with E-state index in [9.17, 15) is 26.7 Å². The Morgan fingerprint density at radius 3 is 2.57 bits per heavy atom. The topological polar surface area (TPSA) is 57.6 Å². The molecule has 4 nitrogen and oxygen atoms in total. The molecule has 0 spiro atoms. The van der Waals surface area contributed by atoms with Crippen molar-refractivity contribution in [2.24, 2.45) is 0 Å². The number of benzene rings is 1. The summed E-state index contributed by atoms with van der Waals surface area (Å²) in [5, 5.41) is 9.28. The van der Waals surface area contributed by atoms with Crippen molar-refractivity contribution in [2.45, 2.75) is 19.1 Å². The molecule has 1 aliphatic rings. The van der Waals surface area contributed by atoms with Crippen LogP contribution in [0.15, 0.2) is 18.2 Å². The Morgan fingerprint density at radius 2 is 1.90 bits per heavy atom. The van der Waals surface area contributed by atoms with Gasteiger partial charge in [-0.25, -0.2) is 8.42 Å². The summed E-state index contributed by atoms with van der Waals surface area (Å²) in [5.41, 5.74) is -0.665. The second-order valence-electron chi connectivity index (χ2n) is 5.13. The van der Waals surface area contributed by atoms with Gasteiger partial charge in [0.2, 0.25) is 0 Å². The van der Waals surface area contributed by atoms with Crippen LogP contribution in [0, 0.1) is 0 Å². The van der Waals surface area contributed by atoms with Gasteiger partial charge in [-0.15, -0.1) is 0 Å². The van der Waals surface area contributed by atoms with Crippen LogP contribution < -0.4 is 0 Å². The van der Waals surface area contributed by atoms with Crippen LogP contribution in [0.25, 0.3) is 0 Å². The molecule has 0 amide bonds. The molecule has 0 bridgehead atoms. The Balaban J connectivity index is 2.13. The minimum absolute atomic E-state index is 0.0250. The minimum Gasteiger partial charge on any atom is -0.507 e. The molecule has 1 aromatic carbocycles. The molecule has 0 radical (unpaired) electrons. The van der Waals surface area contributed by atoms with E-state index in [4.69, 9.17) is 0 Å². The Morgan fingerprint density at radius 1 is 1.19 bits per heavy atom. The molecule has 1 heterocycles. The molecule has 0 saturated carbocycles. The molecule has 8 heteroatoms. The van der Waals surface area contributed by atoms with Gasteiger partial charge in [-0.1, -0.05) is 6.07 Å². The summed E-state index contributed by atoms with van der Waals surface area (Å²) in [7, 11) is -3.04. The number of phenolic OH excluding ortho intramolecular Hbond substituents is 1. The second kappa shape index (κ2) is 5.84. The van der Waals surface area contributed by atoms with Crippen LogP contribution >= 0.6 is 0 Å². The molecule has 0 unspecified atom stereocenters. The summed E-state index contributed by atoms with van der Waals surface area (Å²) >= 11 is 0. The highest BCUT2D eigenvalue weighted by Crippen LogP contribution is 2.36. The summed E-state index contributed by atoms with van der Waals surface area (Å²) in [6, 6.07) is 3.35. The first kappa shape index (κ1) is 16.1. The van der Waals surface area contributed by atoms with Gasteiger partial charge in [0.1, 0.15) is 5.75 Å². The first-order valence-corrected chi connectivity index (χ1v) is 8.31. The Hall–Kier alpha value is -1.28. The zero-order valence-electron chi connectivity index (χ0n) is 11.2. The predicted octanol–water partition coefficient (Wildman–Crippen LogP) is 2.03. The van der Waals surface area contributed by atoms with Crippen LogP contribution in [-0.4, -0.2) is 43.0 Å². The third-order valence-corrected chi connectivity index (χ3v) is 5.14. The van der Waals surface area contributed by atoms with Gasteiger partial charge in [-0.3, -0.25) is 4.90 Å². The molecule has 1 fully saturated rings. The van der Waals surface area contributed by atoms with E-state index in [1.165, 1.54) is 6.07 Å². The lowest BCUT2D eigenvalue weighted by Gasteiger charge is -2.20. The van der Waals surface area contributed by atoms with E-state index in [2.05, 4.69) is 0 Å². The van der Waals surface area contributed by atoms with Gasteiger partial charge in [0, 0.05) is 13.1 Å². The van der Waals surface area contributed by atoms with Gasteiger partial charge in [-0.05, 0) is 30.7 Å². The van der Waals surface area contributed by atoms with Crippen molar-refractivity contribution in [3.63, 3.8) is 0 Å². The normalized spacial score (nSPS) is 20.1. The highest BCUT2D eigenvalue weighted by molar-refractivity contribution is 7.91. The maximum Gasteiger partial charge on any atom is 0.419 e. The molecule has 1 aliphatic heterocycles. The zero-order valence-corrected chi connectivity index (χ0v) is 12.0. The Labute approximate surface area is 121 Å². The molecule has 21 heavy (non-hydrogen) atoms. The summed E-state index contributed by atoms with van der Waals surface area (Å²) < 4.78 is 61.1. The highest BCUT2D eigenvalue weighted by atomic mass is 32.2. The van der Waals surface area contributed by atoms with E-state index >= 15 is 0 Å². The number of hydrogen-bond donors (Lipinski definition) is 1. The summed E-state index contributed by atoms with van der Waals surface area (Å²) in [5.74, 6) is -0.658. The van der Waals surface area contributed by atoms with Crippen LogP contribution in [0.1, 0.15) is 17.5 Å². The summed E-state index contributed by atoms with van der Waals surface area (Å²) in [6.07, 6.45) is -4.13. The molecule has 0 atom stereocenters. The quantitative estimate of drug-likeness (QED) is 0.905. The van der Waals surface area contributed by atoms with E-state index in [0.29, 0.717) is 25.1 Å². The van der Waals surface area contributed by atoms with Gasteiger partial charge in [0.25, 0.3) is 0 Å². The molecule has 0 aromatic heterocycles. The molecular weight excluding hydrogens is 307 g/mol. The molecule has 1 aromatic rings. The van der Waals surface area contributed by atoms with Crippen LogP contribution in [0.2, 0.25) is 0 Å². The van der Waals surface area contributed by atoms with E-state index in [1.807, 2.05) is 4.90 Å². The van der Waals surface area contributed by atoms with Crippen LogP contribution in [0.5, 0.6) is 5.75 Å². The van der Waals surface area contributed by atoms with Crippen molar-refractivity contribution in [1.29, 1.82) is 0 Å². The lowest BCUT2D eigenvalue weighted by Crippen LogP contribution is -2.26. The van der Waals surface area contributed by atoms with Crippen molar-refractivity contribution in [1.82, 2.24) is 4.90 Å². The van der Waals surface area contributed by atoms with Crippen LogP contribution in [0.3, 0.4) is 0 Å². The summed E-state index contributed by atoms with van der Waals surface area (Å²) in [6.45, 7) is 1.07. The number of nitrogens with zero attached hydrogens (tertiary/aromatic N) is 1. The number of phenols is 1. The molecule has 2 rings (SSSR count). The summed E-state index contributed by atoms with van der Waals surface area (Å²) in [4.78, 5) is 1.82. The SMILES string of the molecule is O=S1(=O)CCCN(Cc2ccc(O)c(C(F)(F)F)c2)CC1. The van der Waals surface area contributed by atoms with Crippen molar-refractivity contribution in [2.75, 3.05) is 24.6 Å². The third-order valence-electron chi connectivity index (χ3n) is 3.42. The van der Waals surface area contributed by atoms with E-state index < -0.39 is 27.3 Å². The van der Waals surface area contributed by atoms with Gasteiger partial charge in [0.15, 0.2) is 9.84 Å². The number of alkyl halides is 3. The first-order valence-electron chi connectivity index (χ1n) is 6.49. The first-order chi connectivity index (χ1) is 9.67. The lowest BCUT2D eigenvalue weighted by molar-refractivity contribution is -0.138. The molecule has 1 N–H and O–H groups in total. The van der Waals surface area contributed by atoms with Crippen molar-refractivity contribution in [3.05, 3.63) is 29.3 Å². The van der Waals surface area contributed by atoms with Gasteiger partial charge >= 0.3 is 6.18 Å². The number of hydrogen-bond acceptors (Lipinski definition) is 4. The van der Waals surface area contributed by atoms with Gasteiger partial charge in [-0.2, -0.15) is 13.2 Å². The molecular formula is C13H16F3NO3S. The average Bonchev–Trinajstić information content (AvgIpc) is 2.52. The molecule has 118 valence electrons. The number of halogens is 3. The standard InChI is InChI=1S/C13H16F3NO3S/c14-13(15,16)11-8-10(2-3-12(11)18)9-17-4-1-6-21(19,20)7-5-17/h2-3,8,18H,1,4-7,9H2. The molecule has 0 aliphatic carbocycles. The lowest BCUT2D eigenvalue weighted by atomic mass is 10.1. The Kier molecular flexibility index (Phi) is 4.48. The van der Waals surface area contributed by atoms with E-state index in [-0.39, 0.29) is 18.1 Å². The van der Waals surface area contributed by atoms with Gasteiger partial charge in [0.05, 0.1) is 17.1 Å². The van der Waals surface area contributed by atoms with Crippen LogP contribution in [-0.2, 0) is 22.6 Å². The fourth-order valence-electron chi connectivity index (χ4n) is 2.32. The average molecular weight is 323 g/mol. The van der Waals surface area contributed by atoms with Crippen molar-refractivity contribution < 1.29 is 26.7 Å². The van der Waals surface area contributed by atoms with Gasteiger partial charge < -0.3 is 5.11 Å². The monoisotopic (exact) mass is 323 g/mol. The smallest absolute Gasteiger partial charge is 0.419 e. The maximum atomic E-state index is 12.7. The maximum absolute atomic E-state index is 12.7. The number of aromatic hydroxyl groups is 1. The fourth-order valence-corrected chi connectivity index (χ4v) is 3.62. The van der Waals surface area contributed by atoms with Crippen molar-refractivity contribution >= 4 is 9.84 Å². The van der Waals surface area contributed by atoms with Crippen LogP contribution in [0.4, 0.5) is 13.2 Å².